The standard InChI is InChI=1S/C21H22N4O2S/c1-14-7-6-10-16(11-14)12-25-17-18(24(2)20(27)23-19(17)26)22-21(25)28-13-15-8-4-3-5-9-15/h3-11,17-18H,12-13H2,1-2H3,(H,23,26,27). The number of hydrogen-bond donors (Lipinski definition) is 1. The molecule has 2 aliphatic rings. The summed E-state index contributed by atoms with van der Waals surface area (Å²) in [5.41, 5.74) is 3.47. The molecule has 0 bridgehead atoms. The van der Waals surface area contributed by atoms with Crippen molar-refractivity contribution in [2.75, 3.05) is 7.05 Å². The maximum Gasteiger partial charge on any atom is 0.325 e. The van der Waals surface area contributed by atoms with Crippen molar-refractivity contribution >= 4 is 28.9 Å². The fourth-order valence-electron chi connectivity index (χ4n) is 3.52. The number of thioether (sulfide) groups is 1. The number of fused-ring (bicyclic) bond motifs is 1. The average molecular weight is 395 g/mol. The van der Waals surface area contributed by atoms with Gasteiger partial charge < -0.3 is 9.80 Å². The van der Waals surface area contributed by atoms with Crippen LogP contribution in [-0.4, -0.2) is 46.2 Å². The molecule has 144 valence electrons. The number of rotatable bonds is 4. The molecule has 1 N–H and O–H groups in total. The quantitative estimate of drug-likeness (QED) is 0.866. The molecule has 0 radical (unpaired) electrons. The van der Waals surface area contributed by atoms with Crippen molar-refractivity contribution in [3.05, 3.63) is 71.3 Å². The van der Waals surface area contributed by atoms with E-state index in [1.54, 1.807) is 18.8 Å². The van der Waals surface area contributed by atoms with Gasteiger partial charge in [-0.05, 0) is 18.1 Å². The van der Waals surface area contributed by atoms with E-state index in [-0.39, 0.29) is 5.91 Å². The lowest BCUT2D eigenvalue weighted by atomic mass is 10.1. The largest absolute Gasteiger partial charge is 0.331 e. The van der Waals surface area contributed by atoms with Crippen molar-refractivity contribution < 1.29 is 9.59 Å². The van der Waals surface area contributed by atoms with Crippen LogP contribution < -0.4 is 5.32 Å². The fraction of sp³-hybridized carbons (Fsp3) is 0.286. The van der Waals surface area contributed by atoms with Gasteiger partial charge in [0.05, 0.1) is 0 Å². The highest BCUT2D eigenvalue weighted by atomic mass is 32.2. The van der Waals surface area contributed by atoms with Crippen molar-refractivity contribution in [2.45, 2.75) is 31.4 Å². The number of likely N-dealkylation sites (N-methyl/N-ethyl adjacent to an activating group) is 1. The van der Waals surface area contributed by atoms with Crippen LogP contribution in [0.25, 0.3) is 0 Å². The van der Waals surface area contributed by atoms with Crippen LogP contribution in [0.15, 0.2) is 59.6 Å². The van der Waals surface area contributed by atoms with Gasteiger partial charge >= 0.3 is 6.03 Å². The van der Waals surface area contributed by atoms with Crippen LogP contribution in [0.4, 0.5) is 4.79 Å². The molecule has 2 heterocycles. The predicted molar refractivity (Wildman–Crippen MR) is 111 cm³/mol. The number of hydrogen-bond acceptors (Lipinski definition) is 5. The number of nitrogens with one attached hydrogen (secondary N) is 1. The molecule has 2 aromatic carbocycles. The molecule has 1 saturated heterocycles. The van der Waals surface area contributed by atoms with Gasteiger partial charge in [-0.3, -0.25) is 10.1 Å². The Balaban J connectivity index is 1.61. The molecule has 2 atom stereocenters. The van der Waals surface area contributed by atoms with Crippen molar-refractivity contribution in [3.8, 4) is 0 Å². The van der Waals surface area contributed by atoms with E-state index in [1.807, 2.05) is 29.2 Å². The number of aryl methyl sites for hydroxylation is 1. The smallest absolute Gasteiger partial charge is 0.325 e. The first kappa shape index (κ1) is 18.6. The fourth-order valence-corrected chi connectivity index (χ4v) is 4.53. The van der Waals surface area contributed by atoms with E-state index in [1.165, 1.54) is 16.0 Å². The lowest BCUT2D eigenvalue weighted by Crippen LogP contribution is -2.63. The van der Waals surface area contributed by atoms with E-state index in [0.29, 0.717) is 6.54 Å². The van der Waals surface area contributed by atoms with Crippen molar-refractivity contribution in [1.29, 1.82) is 0 Å². The molecule has 0 aromatic heterocycles. The lowest BCUT2D eigenvalue weighted by Gasteiger charge is -2.36. The molecule has 4 rings (SSSR count). The van der Waals surface area contributed by atoms with Crippen LogP contribution in [0.3, 0.4) is 0 Å². The third-order valence-corrected chi connectivity index (χ3v) is 6.04. The second kappa shape index (κ2) is 7.67. The summed E-state index contributed by atoms with van der Waals surface area (Å²) < 4.78 is 0. The Hall–Kier alpha value is -2.80. The van der Waals surface area contributed by atoms with E-state index in [0.717, 1.165) is 16.5 Å². The summed E-state index contributed by atoms with van der Waals surface area (Å²) in [5.74, 6) is 0.461. The monoisotopic (exact) mass is 394 g/mol. The average Bonchev–Trinajstić information content (AvgIpc) is 3.04. The third-order valence-electron chi connectivity index (χ3n) is 4.97. The van der Waals surface area contributed by atoms with Crippen LogP contribution in [-0.2, 0) is 17.1 Å². The minimum Gasteiger partial charge on any atom is -0.331 e. The maximum atomic E-state index is 12.6. The Morgan fingerprint density at radius 1 is 1.07 bits per heavy atom. The Morgan fingerprint density at radius 3 is 2.57 bits per heavy atom. The maximum absolute atomic E-state index is 12.6. The van der Waals surface area contributed by atoms with Gasteiger partial charge in [0.25, 0.3) is 5.91 Å². The van der Waals surface area contributed by atoms with Crippen molar-refractivity contribution in [2.24, 2.45) is 4.99 Å². The zero-order chi connectivity index (χ0) is 19.7. The summed E-state index contributed by atoms with van der Waals surface area (Å²) in [5, 5.41) is 3.23. The highest BCUT2D eigenvalue weighted by Gasteiger charge is 2.48. The van der Waals surface area contributed by atoms with Gasteiger partial charge in [-0.25, -0.2) is 9.79 Å². The van der Waals surface area contributed by atoms with E-state index in [2.05, 4.69) is 42.6 Å². The molecule has 0 spiro atoms. The number of carbonyl (C=O) groups excluding carboxylic acids is 2. The summed E-state index contributed by atoms with van der Waals surface area (Å²) in [7, 11) is 1.68. The molecule has 6 nitrogen and oxygen atoms in total. The third kappa shape index (κ3) is 3.62. The van der Waals surface area contributed by atoms with E-state index in [9.17, 15) is 9.59 Å². The number of aliphatic imine (C=N–C) groups is 1. The van der Waals surface area contributed by atoms with E-state index < -0.39 is 18.2 Å². The molecule has 2 aromatic rings. The summed E-state index contributed by atoms with van der Waals surface area (Å²) in [6.45, 7) is 2.62. The number of imide groups is 1. The van der Waals surface area contributed by atoms with Gasteiger partial charge in [0.2, 0.25) is 0 Å². The zero-order valence-corrected chi connectivity index (χ0v) is 16.6. The Kier molecular flexibility index (Phi) is 5.09. The first-order valence-corrected chi connectivity index (χ1v) is 10.2. The minimum atomic E-state index is -0.513. The summed E-state index contributed by atoms with van der Waals surface area (Å²) in [6, 6.07) is 17.5. The van der Waals surface area contributed by atoms with Gasteiger partial charge in [0, 0.05) is 19.3 Å². The second-order valence-corrected chi connectivity index (χ2v) is 8.01. The zero-order valence-electron chi connectivity index (χ0n) is 15.8. The Labute approximate surface area is 168 Å². The summed E-state index contributed by atoms with van der Waals surface area (Å²) >= 11 is 1.60. The normalized spacial score (nSPS) is 21.4. The van der Waals surface area contributed by atoms with Gasteiger partial charge in [-0.2, -0.15) is 0 Å². The molecule has 7 heteroatoms. The molecular weight excluding hydrogens is 372 g/mol. The van der Waals surface area contributed by atoms with Crippen LogP contribution in [0, 0.1) is 6.92 Å². The first-order valence-electron chi connectivity index (χ1n) is 9.17. The lowest BCUT2D eigenvalue weighted by molar-refractivity contribution is -0.127. The van der Waals surface area contributed by atoms with E-state index in [4.69, 9.17) is 4.99 Å². The van der Waals surface area contributed by atoms with Crippen molar-refractivity contribution in [3.63, 3.8) is 0 Å². The van der Waals surface area contributed by atoms with Gasteiger partial charge in [0.1, 0.15) is 0 Å². The Morgan fingerprint density at radius 2 is 1.82 bits per heavy atom. The topological polar surface area (TPSA) is 65.0 Å². The van der Waals surface area contributed by atoms with Crippen LogP contribution in [0.2, 0.25) is 0 Å². The minimum absolute atomic E-state index is 0.292. The molecule has 1 fully saturated rings. The number of urea groups is 1. The van der Waals surface area contributed by atoms with Gasteiger partial charge in [0.15, 0.2) is 17.4 Å². The van der Waals surface area contributed by atoms with Crippen LogP contribution in [0.5, 0.6) is 0 Å². The molecule has 0 aliphatic carbocycles. The number of benzene rings is 2. The van der Waals surface area contributed by atoms with Crippen LogP contribution in [0.1, 0.15) is 16.7 Å². The molecule has 2 unspecified atom stereocenters. The molecule has 3 amide bonds. The van der Waals surface area contributed by atoms with Crippen molar-refractivity contribution in [1.82, 2.24) is 15.1 Å². The number of carbonyl (C=O) groups is 2. The predicted octanol–water partition coefficient (Wildman–Crippen LogP) is 2.98. The highest BCUT2D eigenvalue weighted by molar-refractivity contribution is 8.13. The van der Waals surface area contributed by atoms with Gasteiger partial charge in [-0.15, -0.1) is 0 Å². The Bertz CT molecular complexity index is 931. The molecule has 28 heavy (non-hydrogen) atoms. The molecule has 2 aliphatic heterocycles. The summed E-state index contributed by atoms with van der Waals surface area (Å²) in [6.07, 6.45) is -0.496. The first-order chi connectivity index (χ1) is 13.5. The molecular formula is C21H22N4O2S. The number of amides is 3. The van der Waals surface area contributed by atoms with Crippen LogP contribution >= 0.6 is 11.8 Å². The number of amidine groups is 1. The van der Waals surface area contributed by atoms with Gasteiger partial charge in [-0.1, -0.05) is 71.9 Å². The number of nitrogens with zero attached hydrogens (tertiary/aromatic N) is 3. The van der Waals surface area contributed by atoms with E-state index >= 15 is 0 Å². The SMILES string of the molecule is Cc1cccc(CN2C(SCc3ccccc3)=NC3C2C(=O)NC(=O)N3C)c1. The summed E-state index contributed by atoms with van der Waals surface area (Å²) in [4.78, 5) is 33.0. The highest BCUT2D eigenvalue weighted by Crippen LogP contribution is 2.31. The second-order valence-electron chi connectivity index (χ2n) is 7.07. The molecule has 0 saturated carbocycles.